The van der Waals surface area contributed by atoms with Crippen molar-refractivity contribution in [3.63, 3.8) is 0 Å². The molecule has 0 unspecified atom stereocenters. The number of pyridine rings is 1. The highest BCUT2D eigenvalue weighted by Crippen LogP contribution is 2.22. The Bertz CT molecular complexity index is 1860. The minimum Gasteiger partial charge on any atom is -0.294 e. The van der Waals surface area contributed by atoms with Crippen molar-refractivity contribution in [1.82, 2.24) is 18.9 Å². The number of hydrogen-bond donors (Lipinski definition) is 0. The SMILES string of the molecule is Cc1ccc(CC(=O)c2ccc(-n3sc4ccccc4c3=O)cc2)cc1Cc1nccc(-c2cccnc2)n1. The van der Waals surface area contributed by atoms with Crippen molar-refractivity contribution in [2.75, 3.05) is 0 Å². The molecule has 0 atom stereocenters. The third kappa shape index (κ3) is 5.17. The van der Waals surface area contributed by atoms with Gasteiger partial charge in [0.25, 0.3) is 5.56 Å². The second kappa shape index (κ2) is 10.6. The highest BCUT2D eigenvalue weighted by atomic mass is 32.1. The average molecular weight is 529 g/mol. The van der Waals surface area contributed by atoms with Crippen LogP contribution in [0.5, 0.6) is 0 Å². The maximum absolute atomic E-state index is 13.1. The van der Waals surface area contributed by atoms with Gasteiger partial charge in [-0.15, -0.1) is 0 Å². The Hall–Kier alpha value is -4.75. The number of carbonyl (C=O) groups excluding carboxylic acids is 1. The van der Waals surface area contributed by atoms with Gasteiger partial charge in [0.1, 0.15) is 5.82 Å². The summed E-state index contributed by atoms with van der Waals surface area (Å²) in [5.41, 5.74) is 6.25. The van der Waals surface area contributed by atoms with Gasteiger partial charge < -0.3 is 0 Å². The van der Waals surface area contributed by atoms with Gasteiger partial charge in [0.2, 0.25) is 0 Å². The van der Waals surface area contributed by atoms with Crippen molar-refractivity contribution < 1.29 is 4.79 Å². The zero-order valence-corrected chi connectivity index (χ0v) is 22.1. The molecular formula is C32H24N4O2S. The number of rotatable bonds is 7. The predicted octanol–water partition coefficient (Wildman–Crippen LogP) is 6.23. The average Bonchev–Trinajstić information content (AvgIpc) is 3.32. The van der Waals surface area contributed by atoms with Crippen LogP contribution in [0, 0.1) is 6.92 Å². The summed E-state index contributed by atoms with van der Waals surface area (Å²) in [6.07, 6.45) is 6.15. The normalized spacial score (nSPS) is 11.1. The van der Waals surface area contributed by atoms with Gasteiger partial charge >= 0.3 is 0 Å². The number of ketones is 1. The highest BCUT2D eigenvalue weighted by molar-refractivity contribution is 7.14. The quantitative estimate of drug-likeness (QED) is 0.230. The molecule has 0 radical (unpaired) electrons. The lowest BCUT2D eigenvalue weighted by Gasteiger charge is -2.10. The van der Waals surface area contributed by atoms with E-state index in [-0.39, 0.29) is 17.8 Å². The lowest BCUT2D eigenvalue weighted by Crippen LogP contribution is -2.11. The van der Waals surface area contributed by atoms with Crippen molar-refractivity contribution >= 4 is 27.4 Å². The summed E-state index contributed by atoms with van der Waals surface area (Å²) in [4.78, 5) is 39.3. The topological polar surface area (TPSA) is 77.7 Å². The summed E-state index contributed by atoms with van der Waals surface area (Å²) in [7, 11) is 0. The number of nitrogens with zero attached hydrogens (tertiary/aromatic N) is 4. The smallest absolute Gasteiger partial charge is 0.273 e. The summed E-state index contributed by atoms with van der Waals surface area (Å²) in [6.45, 7) is 2.06. The van der Waals surface area contributed by atoms with Gasteiger partial charge in [-0.25, -0.2) is 13.9 Å². The van der Waals surface area contributed by atoms with Gasteiger partial charge in [-0.05, 0) is 78.2 Å². The molecule has 3 aromatic heterocycles. The molecule has 7 heteroatoms. The molecular weight excluding hydrogens is 504 g/mol. The van der Waals surface area contributed by atoms with Crippen LogP contribution in [0.3, 0.4) is 0 Å². The number of hydrogen-bond acceptors (Lipinski definition) is 6. The highest BCUT2D eigenvalue weighted by Gasteiger charge is 2.13. The monoisotopic (exact) mass is 528 g/mol. The molecule has 0 amide bonds. The fourth-order valence-corrected chi connectivity index (χ4v) is 5.57. The minimum absolute atomic E-state index is 0.0230. The molecule has 0 aliphatic rings. The van der Waals surface area contributed by atoms with E-state index in [9.17, 15) is 9.59 Å². The van der Waals surface area contributed by atoms with Crippen molar-refractivity contribution in [2.45, 2.75) is 19.8 Å². The number of fused-ring (bicyclic) bond motifs is 1. The number of carbonyl (C=O) groups is 1. The summed E-state index contributed by atoms with van der Waals surface area (Å²) >= 11 is 1.40. The molecule has 0 aliphatic heterocycles. The van der Waals surface area contributed by atoms with Crippen LogP contribution in [0.4, 0.5) is 0 Å². The lowest BCUT2D eigenvalue weighted by atomic mass is 9.97. The first kappa shape index (κ1) is 24.6. The Morgan fingerprint density at radius 3 is 2.56 bits per heavy atom. The Morgan fingerprint density at radius 2 is 1.77 bits per heavy atom. The summed E-state index contributed by atoms with van der Waals surface area (Å²) < 4.78 is 2.60. The van der Waals surface area contributed by atoms with Gasteiger partial charge in [0.15, 0.2) is 5.78 Å². The fraction of sp³-hybridized carbons (Fsp3) is 0.0938. The van der Waals surface area contributed by atoms with Crippen molar-refractivity contribution in [3.8, 4) is 16.9 Å². The Morgan fingerprint density at radius 1 is 0.923 bits per heavy atom. The molecule has 0 fully saturated rings. The number of benzene rings is 3. The van der Waals surface area contributed by atoms with E-state index in [0.29, 0.717) is 17.4 Å². The van der Waals surface area contributed by atoms with Gasteiger partial charge in [0.05, 0.1) is 21.5 Å². The molecule has 0 saturated heterocycles. The molecule has 0 aliphatic carbocycles. The summed E-state index contributed by atoms with van der Waals surface area (Å²) in [5.74, 6) is 0.741. The molecule has 6 aromatic rings. The Kier molecular flexibility index (Phi) is 6.65. The third-order valence-electron chi connectivity index (χ3n) is 6.70. The second-order valence-corrected chi connectivity index (χ2v) is 10.4. The zero-order chi connectivity index (χ0) is 26.8. The summed E-state index contributed by atoms with van der Waals surface area (Å²) in [5, 5.41) is 0.701. The van der Waals surface area contributed by atoms with Gasteiger partial charge in [-0.2, -0.15) is 0 Å². The molecule has 6 nitrogen and oxygen atoms in total. The van der Waals surface area contributed by atoms with E-state index < -0.39 is 0 Å². The van der Waals surface area contributed by atoms with E-state index in [2.05, 4.69) is 23.0 Å². The van der Waals surface area contributed by atoms with Crippen molar-refractivity contribution in [3.05, 3.63) is 142 Å². The minimum atomic E-state index is -0.0446. The first-order chi connectivity index (χ1) is 19.0. The van der Waals surface area contributed by atoms with E-state index in [0.717, 1.165) is 44.2 Å². The lowest BCUT2D eigenvalue weighted by molar-refractivity contribution is 0.0993. The molecule has 39 heavy (non-hydrogen) atoms. The first-order valence-corrected chi connectivity index (χ1v) is 13.4. The van der Waals surface area contributed by atoms with E-state index in [1.54, 1.807) is 34.7 Å². The van der Waals surface area contributed by atoms with Crippen LogP contribution in [0.15, 0.2) is 108 Å². The van der Waals surface area contributed by atoms with Crippen LogP contribution in [0.25, 0.3) is 27.0 Å². The molecule has 6 rings (SSSR count). The van der Waals surface area contributed by atoms with Gasteiger partial charge in [0, 0.05) is 42.6 Å². The van der Waals surface area contributed by atoms with Crippen LogP contribution in [0.2, 0.25) is 0 Å². The molecule has 0 bridgehead atoms. The molecule has 190 valence electrons. The van der Waals surface area contributed by atoms with Gasteiger partial charge in [-0.1, -0.05) is 41.9 Å². The number of aromatic nitrogens is 4. The Labute approximate surface area is 229 Å². The van der Waals surface area contributed by atoms with Crippen molar-refractivity contribution in [2.24, 2.45) is 0 Å². The molecule has 3 heterocycles. The van der Waals surface area contributed by atoms with E-state index in [4.69, 9.17) is 4.98 Å². The van der Waals surface area contributed by atoms with E-state index in [1.165, 1.54) is 11.5 Å². The Balaban J connectivity index is 1.19. The maximum atomic E-state index is 13.1. The standard InChI is InChI=1S/C32H24N4O2S/c1-21-8-9-22(17-25(21)19-31-34-16-14-28(35-31)24-5-4-15-33-20-24)18-29(37)23-10-12-26(13-11-23)36-32(38)27-6-2-3-7-30(27)39-36/h2-17,20H,18-19H2,1H3. The predicted molar refractivity (Wildman–Crippen MR) is 155 cm³/mol. The number of aryl methyl sites for hydroxylation is 1. The zero-order valence-electron chi connectivity index (χ0n) is 21.2. The molecule has 3 aromatic carbocycles. The molecule has 0 saturated carbocycles. The van der Waals surface area contributed by atoms with Crippen LogP contribution < -0.4 is 5.56 Å². The van der Waals surface area contributed by atoms with E-state index >= 15 is 0 Å². The first-order valence-electron chi connectivity index (χ1n) is 12.6. The largest absolute Gasteiger partial charge is 0.294 e. The van der Waals surface area contributed by atoms with Crippen LogP contribution in [-0.4, -0.2) is 24.7 Å². The fourth-order valence-electron chi connectivity index (χ4n) is 4.57. The van der Waals surface area contributed by atoms with Crippen LogP contribution in [0.1, 0.15) is 32.9 Å². The third-order valence-corrected chi connectivity index (χ3v) is 7.82. The van der Waals surface area contributed by atoms with E-state index in [1.807, 2.05) is 66.7 Å². The number of Topliss-reactive ketones (excluding diaryl/α,β-unsaturated/α-hetero) is 1. The van der Waals surface area contributed by atoms with Gasteiger partial charge in [-0.3, -0.25) is 14.6 Å². The second-order valence-electron chi connectivity index (χ2n) is 9.37. The van der Waals surface area contributed by atoms with Crippen LogP contribution in [-0.2, 0) is 12.8 Å². The maximum Gasteiger partial charge on any atom is 0.273 e. The van der Waals surface area contributed by atoms with Crippen LogP contribution >= 0.6 is 11.5 Å². The molecule has 0 N–H and O–H groups in total. The molecule has 0 spiro atoms. The van der Waals surface area contributed by atoms with Crippen molar-refractivity contribution in [1.29, 1.82) is 0 Å². The summed E-state index contributed by atoms with van der Waals surface area (Å²) in [6, 6.07) is 26.7.